The van der Waals surface area contributed by atoms with Gasteiger partial charge in [0.05, 0.1) is 24.0 Å². The van der Waals surface area contributed by atoms with E-state index in [0.717, 1.165) is 9.26 Å². The van der Waals surface area contributed by atoms with Crippen LogP contribution in [0.5, 0.6) is 0 Å². The van der Waals surface area contributed by atoms with E-state index in [1.165, 1.54) is 0 Å². The van der Waals surface area contributed by atoms with Gasteiger partial charge in [-0.25, -0.2) is 4.68 Å². The first kappa shape index (κ1) is 12.0. The summed E-state index contributed by atoms with van der Waals surface area (Å²) >= 11 is 2.23. The third-order valence-corrected chi connectivity index (χ3v) is 2.95. The smallest absolute Gasteiger partial charge is 0.303 e. The van der Waals surface area contributed by atoms with E-state index in [0.29, 0.717) is 12.1 Å². The van der Waals surface area contributed by atoms with Gasteiger partial charge in [-0.1, -0.05) is 5.21 Å². The normalized spacial score (nSPS) is 10.4. The van der Waals surface area contributed by atoms with E-state index < -0.39 is 5.97 Å². The number of carboxylic acids is 1. The summed E-state index contributed by atoms with van der Waals surface area (Å²) in [6.45, 7) is 0. The molecule has 0 amide bonds. The lowest BCUT2D eigenvalue weighted by molar-refractivity contribution is -0.136. The van der Waals surface area contributed by atoms with Crippen LogP contribution < -0.4 is 0 Å². The van der Waals surface area contributed by atoms with Gasteiger partial charge in [-0.3, -0.25) is 4.79 Å². The lowest BCUT2D eigenvalue weighted by Crippen LogP contribution is -1.97. The molecular weight excluding hydrogens is 333 g/mol. The molecule has 5 nitrogen and oxygen atoms in total. The zero-order valence-corrected chi connectivity index (χ0v) is 11.0. The number of aryl methyl sites for hydroxylation is 1. The van der Waals surface area contributed by atoms with Crippen LogP contribution in [0.1, 0.15) is 12.1 Å². The second kappa shape index (κ2) is 5.26. The summed E-state index contributed by atoms with van der Waals surface area (Å²) in [5, 5.41) is 16.5. The fraction of sp³-hybridized carbons (Fsp3) is 0.182. The molecule has 0 bridgehead atoms. The van der Waals surface area contributed by atoms with Crippen molar-refractivity contribution in [2.75, 3.05) is 0 Å². The molecule has 2 rings (SSSR count). The number of halogens is 1. The van der Waals surface area contributed by atoms with Crippen molar-refractivity contribution in [3.63, 3.8) is 0 Å². The summed E-state index contributed by atoms with van der Waals surface area (Å²) in [5.74, 6) is -0.825. The Kier molecular flexibility index (Phi) is 3.72. The molecule has 17 heavy (non-hydrogen) atoms. The van der Waals surface area contributed by atoms with Crippen LogP contribution in [0.2, 0.25) is 0 Å². The molecular formula is C11H10IN3O2. The molecule has 0 saturated carbocycles. The Morgan fingerprint density at radius 1 is 1.35 bits per heavy atom. The predicted molar refractivity (Wildman–Crippen MR) is 70.0 cm³/mol. The number of benzene rings is 1. The Bertz CT molecular complexity index is 522. The largest absolute Gasteiger partial charge is 0.481 e. The minimum Gasteiger partial charge on any atom is -0.481 e. The minimum absolute atomic E-state index is 0.0748. The molecule has 0 aliphatic carbocycles. The van der Waals surface area contributed by atoms with Crippen molar-refractivity contribution >= 4 is 28.6 Å². The maximum atomic E-state index is 10.4. The third kappa shape index (κ3) is 3.26. The molecule has 0 aliphatic rings. The fourth-order valence-electron chi connectivity index (χ4n) is 1.37. The third-order valence-electron chi connectivity index (χ3n) is 2.23. The Labute approximate surface area is 112 Å². The SMILES string of the molecule is O=C(O)CCc1cn(-c2ccc(I)cc2)nn1. The monoisotopic (exact) mass is 343 g/mol. The second-order valence-corrected chi connectivity index (χ2v) is 4.77. The van der Waals surface area contributed by atoms with Crippen molar-refractivity contribution in [1.29, 1.82) is 0 Å². The quantitative estimate of drug-likeness (QED) is 0.861. The number of rotatable bonds is 4. The van der Waals surface area contributed by atoms with Crippen LogP contribution in [-0.4, -0.2) is 26.1 Å². The number of carbonyl (C=O) groups is 1. The molecule has 6 heteroatoms. The highest BCUT2D eigenvalue weighted by molar-refractivity contribution is 14.1. The van der Waals surface area contributed by atoms with Gasteiger partial charge in [0, 0.05) is 9.99 Å². The van der Waals surface area contributed by atoms with Gasteiger partial charge < -0.3 is 5.11 Å². The maximum Gasteiger partial charge on any atom is 0.303 e. The van der Waals surface area contributed by atoms with Gasteiger partial charge in [0.2, 0.25) is 0 Å². The molecule has 88 valence electrons. The van der Waals surface area contributed by atoms with Crippen LogP contribution in [0.4, 0.5) is 0 Å². The molecule has 2 aromatic rings. The summed E-state index contributed by atoms with van der Waals surface area (Å²) in [6.07, 6.45) is 2.23. The van der Waals surface area contributed by atoms with Crippen molar-refractivity contribution < 1.29 is 9.90 Å². The van der Waals surface area contributed by atoms with Crippen LogP contribution in [0.15, 0.2) is 30.5 Å². The van der Waals surface area contributed by atoms with Gasteiger partial charge >= 0.3 is 5.97 Å². The molecule has 0 atom stereocenters. The van der Waals surface area contributed by atoms with E-state index in [9.17, 15) is 4.79 Å². The number of aliphatic carboxylic acids is 1. The molecule has 0 fully saturated rings. The fourth-order valence-corrected chi connectivity index (χ4v) is 1.73. The van der Waals surface area contributed by atoms with Crippen LogP contribution in [0.25, 0.3) is 5.69 Å². The first-order chi connectivity index (χ1) is 8.15. The standard InChI is InChI=1S/C11H10IN3O2/c12-8-1-4-10(5-2-8)15-7-9(13-14-15)3-6-11(16)17/h1-2,4-5,7H,3,6H2,(H,16,17). The lowest BCUT2D eigenvalue weighted by atomic mass is 10.2. The Morgan fingerprint density at radius 3 is 2.71 bits per heavy atom. The van der Waals surface area contributed by atoms with Crippen molar-refractivity contribution in [1.82, 2.24) is 15.0 Å². The van der Waals surface area contributed by atoms with Crippen molar-refractivity contribution in [2.45, 2.75) is 12.8 Å². The molecule has 0 aliphatic heterocycles. The van der Waals surface area contributed by atoms with E-state index in [4.69, 9.17) is 5.11 Å². The minimum atomic E-state index is -0.825. The van der Waals surface area contributed by atoms with Gasteiger partial charge in [0.25, 0.3) is 0 Å². The number of aromatic nitrogens is 3. The Hall–Kier alpha value is -1.44. The lowest BCUT2D eigenvalue weighted by Gasteiger charge is -1.98. The second-order valence-electron chi connectivity index (χ2n) is 3.52. The zero-order chi connectivity index (χ0) is 12.3. The van der Waals surface area contributed by atoms with Gasteiger partial charge in [0.1, 0.15) is 0 Å². The van der Waals surface area contributed by atoms with Crippen molar-refractivity contribution in [2.24, 2.45) is 0 Å². The first-order valence-electron chi connectivity index (χ1n) is 5.04. The van der Waals surface area contributed by atoms with Crippen LogP contribution >= 0.6 is 22.6 Å². The number of hydrogen-bond acceptors (Lipinski definition) is 3. The zero-order valence-electron chi connectivity index (χ0n) is 8.88. The molecule has 0 radical (unpaired) electrons. The first-order valence-corrected chi connectivity index (χ1v) is 6.12. The summed E-state index contributed by atoms with van der Waals surface area (Å²) in [7, 11) is 0. The summed E-state index contributed by atoms with van der Waals surface area (Å²) in [5.41, 5.74) is 1.60. The van der Waals surface area contributed by atoms with Gasteiger partial charge in [-0.2, -0.15) is 0 Å². The predicted octanol–water partition coefficient (Wildman–Crippen LogP) is 1.89. The Morgan fingerprint density at radius 2 is 2.06 bits per heavy atom. The van der Waals surface area contributed by atoms with Gasteiger partial charge in [-0.15, -0.1) is 5.10 Å². The van der Waals surface area contributed by atoms with Gasteiger partial charge in [0.15, 0.2) is 0 Å². The van der Waals surface area contributed by atoms with E-state index in [1.807, 2.05) is 24.3 Å². The van der Waals surface area contributed by atoms with Crippen LogP contribution in [0.3, 0.4) is 0 Å². The topological polar surface area (TPSA) is 68.0 Å². The average molecular weight is 343 g/mol. The highest BCUT2D eigenvalue weighted by atomic mass is 127. The number of carboxylic acid groups (broad SMARTS) is 1. The summed E-state index contributed by atoms with van der Waals surface area (Å²) in [6, 6.07) is 7.85. The van der Waals surface area contributed by atoms with Crippen molar-refractivity contribution in [3.05, 3.63) is 39.7 Å². The summed E-state index contributed by atoms with van der Waals surface area (Å²) in [4.78, 5) is 10.4. The number of hydrogen-bond donors (Lipinski definition) is 1. The average Bonchev–Trinajstić information content (AvgIpc) is 2.76. The summed E-state index contributed by atoms with van der Waals surface area (Å²) < 4.78 is 2.80. The van der Waals surface area contributed by atoms with Gasteiger partial charge in [-0.05, 0) is 46.9 Å². The van der Waals surface area contributed by atoms with E-state index in [2.05, 4.69) is 32.9 Å². The van der Waals surface area contributed by atoms with Crippen molar-refractivity contribution in [3.8, 4) is 5.69 Å². The van der Waals surface area contributed by atoms with E-state index >= 15 is 0 Å². The Balaban J connectivity index is 2.12. The maximum absolute atomic E-state index is 10.4. The highest BCUT2D eigenvalue weighted by Crippen LogP contribution is 2.11. The molecule has 1 aromatic heterocycles. The van der Waals surface area contributed by atoms with E-state index in [1.54, 1.807) is 10.9 Å². The number of nitrogens with zero attached hydrogens (tertiary/aromatic N) is 3. The molecule has 0 saturated heterocycles. The molecule has 0 spiro atoms. The molecule has 1 aromatic carbocycles. The van der Waals surface area contributed by atoms with Crippen LogP contribution in [0, 0.1) is 3.57 Å². The molecule has 1 heterocycles. The molecule has 0 unspecified atom stereocenters. The highest BCUT2D eigenvalue weighted by Gasteiger charge is 2.05. The molecule has 1 N–H and O–H groups in total. The van der Waals surface area contributed by atoms with Crippen LogP contribution in [-0.2, 0) is 11.2 Å². The van der Waals surface area contributed by atoms with E-state index in [-0.39, 0.29) is 6.42 Å².